The third kappa shape index (κ3) is 2.88. The SMILES string of the molecule is Cn1c(C2CCCN2CC2CCCCC2)nc2ccccc2c1=O. The van der Waals surface area contributed by atoms with Crippen molar-refractivity contribution < 1.29 is 0 Å². The second-order valence-corrected chi connectivity index (χ2v) is 7.51. The van der Waals surface area contributed by atoms with Crippen LogP contribution in [-0.2, 0) is 7.05 Å². The van der Waals surface area contributed by atoms with E-state index in [0.717, 1.165) is 35.6 Å². The lowest BCUT2D eigenvalue weighted by molar-refractivity contribution is 0.181. The minimum Gasteiger partial charge on any atom is -0.298 e. The van der Waals surface area contributed by atoms with Crippen LogP contribution in [0.15, 0.2) is 29.1 Å². The van der Waals surface area contributed by atoms with Gasteiger partial charge in [-0.15, -0.1) is 0 Å². The van der Waals surface area contributed by atoms with E-state index in [2.05, 4.69) is 4.90 Å². The van der Waals surface area contributed by atoms with Gasteiger partial charge in [-0.1, -0.05) is 31.4 Å². The summed E-state index contributed by atoms with van der Waals surface area (Å²) in [6.07, 6.45) is 9.23. The molecule has 24 heavy (non-hydrogen) atoms. The van der Waals surface area contributed by atoms with Crippen molar-refractivity contribution in [2.45, 2.75) is 51.0 Å². The highest BCUT2D eigenvalue weighted by molar-refractivity contribution is 5.77. The number of nitrogens with zero attached hydrogens (tertiary/aromatic N) is 3. The van der Waals surface area contributed by atoms with Crippen molar-refractivity contribution in [3.63, 3.8) is 0 Å². The molecule has 4 heteroatoms. The van der Waals surface area contributed by atoms with Gasteiger partial charge in [-0.2, -0.15) is 0 Å². The first kappa shape index (κ1) is 15.8. The summed E-state index contributed by atoms with van der Waals surface area (Å²) in [5.74, 6) is 1.78. The molecule has 1 unspecified atom stereocenters. The van der Waals surface area contributed by atoms with Crippen molar-refractivity contribution in [2.75, 3.05) is 13.1 Å². The molecule has 1 aliphatic heterocycles. The Bertz CT molecular complexity index is 776. The molecule has 4 nitrogen and oxygen atoms in total. The molecule has 2 fully saturated rings. The van der Waals surface area contributed by atoms with E-state index in [1.165, 1.54) is 45.1 Å². The zero-order valence-electron chi connectivity index (χ0n) is 14.6. The lowest BCUT2D eigenvalue weighted by Crippen LogP contribution is -2.34. The van der Waals surface area contributed by atoms with Crippen molar-refractivity contribution >= 4 is 10.9 Å². The molecule has 1 aromatic carbocycles. The lowest BCUT2D eigenvalue weighted by Gasteiger charge is -2.31. The van der Waals surface area contributed by atoms with Crippen LogP contribution in [0.1, 0.15) is 56.8 Å². The Kier molecular flexibility index (Phi) is 4.40. The molecular weight excluding hydrogens is 298 g/mol. The first-order valence-corrected chi connectivity index (χ1v) is 9.44. The molecule has 0 bridgehead atoms. The van der Waals surface area contributed by atoms with Gasteiger partial charge < -0.3 is 0 Å². The van der Waals surface area contributed by atoms with Crippen molar-refractivity contribution in [3.05, 3.63) is 40.4 Å². The molecule has 2 heterocycles. The highest BCUT2D eigenvalue weighted by atomic mass is 16.1. The van der Waals surface area contributed by atoms with E-state index in [1.807, 2.05) is 31.3 Å². The minimum absolute atomic E-state index is 0.0834. The van der Waals surface area contributed by atoms with Crippen LogP contribution in [0.5, 0.6) is 0 Å². The quantitative estimate of drug-likeness (QED) is 0.864. The van der Waals surface area contributed by atoms with E-state index >= 15 is 0 Å². The summed E-state index contributed by atoms with van der Waals surface area (Å²) in [6.45, 7) is 2.32. The first-order chi connectivity index (χ1) is 11.7. The number of likely N-dealkylation sites (tertiary alicyclic amines) is 1. The van der Waals surface area contributed by atoms with Crippen LogP contribution in [0.4, 0.5) is 0 Å². The van der Waals surface area contributed by atoms with Crippen LogP contribution in [0.25, 0.3) is 10.9 Å². The Morgan fingerprint density at radius 3 is 2.71 bits per heavy atom. The smallest absolute Gasteiger partial charge is 0.261 e. The Morgan fingerprint density at radius 1 is 1.08 bits per heavy atom. The Hall–Kier alpha value is -1.68. The fourth-order valence-corrected chi connectivity index (χ4v) is 4.57. The largest absolute Gasteiger partial charge is 0.298 e. The van der Waals surface area contributed by atoms with Gasteiger partial charge in [0.2, 0.25) is 0 Å². The van der Waals surface area contributed by atoms with Gasteiger partial charge in [0, 0.05) is 13.6 Å². The molecule has 1 aromatic heterocycles. The van der Waals surface area contributed by atoms with Gasteiger partial charge in [-0.3, -0.25) is 14.3 Å². The van der Waals surface area contributed by atoms with Gasteiger partial charge in [-0.05, 0) is 50.3 Å². The molecule has 1 aliphatic carbocycles. The Labute approximate surface area is 143 Å². The van der Waals surface area contributed by atoms with Gasteiger partial charge >= 0.3 is 0 Å². The molecule has 2 aliphatic rings. The standard InChI is InChI=1S/C20H27N3O/c1-22-19(21-17-11-6-5-10-16(17)20(22)24)18-12-7-13-23(18)14-15-8-3-2-4-9-15/h5-6,10-11,15,18H,2-4,7-9,12-14H2,1H3. The third-order valence-electron chi connectivity index (χ3n) is 5.90. The highest BCUT2D eigenvalue weighted by Crippen LogP contribution is 2.34. The average molecular weight is 325 g/mol. The molecular formula is C20H27N3O. The van der Waals surface area contributed by atoms with E-state index in [9.17, 15) is 4.79 Å². The summed E-state index contributed by atoms with van der Waals surface area (Å²) in [5, 5.41) is 0.723. The van der Waals surface area contributed by atoms with Gasteiger partial charge in [0.1, 0.15) is 5.82 Å². The maximum absolute atomic E-state index is 12.7. The predicted molar refractivity (Wildman–Crippen MR) is 97.1 cm³/mol. The van der Waals surface area contributed by atoms with Crippen LogP contribution < -0.4 is 5.56 Å². The van der Waals surface area contributed by atoms with Crippen LogP contribution in [0.2, 0.25) is 0 Å². The zero-order valence-corrected chi connectivity index (χ0v) is 14.6. The zero-order chi connectivity index (χ0) is 16.5. The fraction of sp³-hybridized carbons (Fsp3) is 0.600. The minimum atomic E-state index is 0.0834. The van der Waals surface area contributed by atoms with Crippen LogP contribution in [0.3, 0.4) is 0 Å². The summed E-state index contributed by atoms with van der Waals surface area (Å²) in [6, 6.07) is 8.02. The first-order valence-electron chi connectivity index (χ1n) is 9.44. The summed E-state index contributed by atoms with van der Waals surface area (Å²) in [7, 11) is 1.88. The summed E-state index contributed by atoms with van der Waals surface area (Å²) >= 11 is 0. The number of hydrogen-bond donors (Lipinski definition) is 0. The predicted octanol–water partition coefficient (Wildman–Crippen LogP) is 3.65. The van der Waals surface area contributed by atoms with Crippen molar-refractivity contribution in [1.82, 2.24) is 14.5 Å². The van der Waals surface area contributed by atoms with Gasteiger partial charge in [0.05, 0.1) is 16.9 Å². The molecule has 1 atom stereocenters. The van der Waals surface area contributed by atoms with Gasteiger partial charge in [-0.25, -0.2) is 4.98 Å². The summed E-state index contributed by atoms with van der Waals surface area (Å²) < 4.78 is 1.78. The molecule has 4 rings (SSSR count). The Morgan fingerprint density at radius 2 is 1.88 bits per heavy atom. The second kappa shape index (κ2) is 6.67. The van der Waals surface area contributed by atoms with Crippen LogP contribution in [0, 0.1) is 5.92 Å². The molecule has 0 radical (unpaired) electrons. The molecule has 128 valence electrons. The average Bonchev–Trinajstić information content (AvgIpc) is 3.07. The molecule has 0 amide bonds. The maximum Gasteiger partial charge on any atom is 0.261 e. The Balaban J connectivity index is 1.65. The van der Waals surface area contributed by atoms with Crippen molar-refractivity contribution in [2.24, 2.45) is 13.0 Å². The third-order valence-corrected chi connectivity index (χ3v) is 5.90. The molecule has 0 N–H and O–H groups in total. The normalized spacial score (nSPS) is 23.1. The van der Waals surface area contributed by atoms with Crippen LogP contribution >= 0.6 is 0 Å². The number of hydrogen-bond acceptors (Lipinski definition) is 3. The topological polar surface area (TPSA) is 38.1 Å². The van der Waals surface area contributed by atoms with Crippen molar-refractivity contribution in [3.8, 4) is 0 Å². The lowest BCUT2D eigenvalue weighted by atomic mass is 9.89. The second-order valence-electron chi connectivity index (χ2n) is 7.51. The fourth-order valence-electron chi connectivity index (χ4n) is 4.57. The summed E-state index contributed by atoms with van der Waals surface area (Å²) in [4.78, 5) is 20.2. The molecule has 1 saturated carbocycles. The molecule has 2 aromatic rings. The number of para-hydroxylation sites is 1. The summed E-state index contributed by atoms with van der Waals surface area (Å²) in [5.41, 5.74) is 0.917. The highest BCUT2D eigenvalue weighted by Gasteiger charge is 2.31. The van der Waals surface area contributed by atoms with E-state index in [-0.39, 0.29) is 5.56 Å². The number of fused-ring (bicyclic) bond motifs is 1. The monoisotopic (exact) mass is 325 g/mol. The molecule has 1 saturated heterocycles. The number of aromatic nitrogens is 2. The molecule has 0 spiro atoms. The number of benzene rings is 1. The maximum atomic E-state index is 12.7. The van der Waals surface area contributed by atoms with Crippen molar-refractivity contribution in [1.29, 1.82) is 0 Å². The van der Waals surface area contributed by atoms with E-state index < -0.39 is 0 Å². The number of rotatable bonds is 3. The van der Waals surface area contributed by atoms with E-state index in [1.54, 1.807) is 4.57 Å². The van der Waals surface area contributed by atoms with Gasteiger partial charge in [0.25, 0.3) is 5.56 Å². The van der Waals surface area contributed by atoms with E-state index in [4.69, 9.17) is 4.98 Å². The van der Waals surface area contributed by atoms with Gasteiger partial charge in [0.15, 0.2) is 0 Å². The van der Waals surface area contributed by atoms with Crippen LogP contribution in [-0.4, -0.2) is 27.5 Å². The van der Waals surface area contributed by atoms with E-state index in [0.29, 0.717) is 6.04 Å².